The van der Waals surface area contributed by atoms with E-state index >= 15 is 0 Å². The number of hydrogen-bond donors (Lipinski definition) is 1. The molecule has 1 aromatic carbocycles. The maximum atomic E-state index is 9.02. The Labute approximate surface area is 157 Å². The molecule has 3 heterocycles. The number of rotatable bonds is 4. The van der Waals surface area contributed by atoms with Crippen LogP contribution in [0.2, 0.25) is 0 Å². The summed E-state index contributed by atoms with van der Waals surface area (Å²) in [4.78, 5) is 17.9. The van der Waals surface area contributed by atoms with Crippen molar-refractivity contribution in [1.29, 1.82) is 5.26 Å². The Balaban J connectivity index is 1.43. The van der Waals surface area contributed by atoms with Gasteiger partial charge in [0.15, 0.2) is 0 Å². The number of nitriles is 1. The average Bonchev–Trinajstić information content (AvgIpc) is 2.75. The van der Waals surface area contributed by atoms with Crippen molar-refractivity contribution in [2.45, 2.75) is 0 Å². The van der Waals surface area contributed by atoms with Crippen LogP contribution in [0.3, 0.4) is 0 Å². The number of anilines is 4. The Hall–Kier alpha value is -3.66. The van der Waals surface area contributed by atoms with Crippen LogP contribution in [0.4, 0.5) is 23.3 Å². The van der Waals surface area contributed by atoms with Gasteiger partial charge < -0.3 is 15.1 Å². The van der Waals surface area contributed by atoms with Crippen molar-refractivity contribution in [3.63, 3.8) is 0 Å². The number of piperazine rings is 1. The van der Waals surface area contributed by atoms with Crippen molar-refractivity contribution in [1.82, 2.24) is 15.0 Å². The maximum absolute atomic E-state index is 9.02. The molecule has 7 nitrogen and oxygen atoms in total. The monoisotopic (exact) mass is 357 g/mol. The molecule has 27 heavy (non-hydrogen) atoms. The summed E-state index contributed by atoms with van der Waals surface area (Å²) in [5.74, 6) is 2.43. The van der Waals surface area contributed by atoms with Gasteiger partial charge in [-0.25, -0.2) is 9.97 Å². The number of hydrogen-bond acceptors (Lipinski definition) is 7. The third kappa shape index (κ3) is 3.96. The van der Waals surface area contributed by atoms with Crippen molar-refractivity contribution in [2.75, 3.05) is 41.3 Å². The van der Waals surface area contributed by atoms with Crippen LogP contribution in [-0.2, 0) is 0 Å². The largest absolute Gasteiger partial charge is 0.353 e. The summed E-state index contributed by atoms with van der Waals surface area (Å²) in [7, 11) is 0. The molecule has 0 atom stereocenters. The predicted octanol–water partition coefficient (Wildman–Crippen LogP) is 2.81. The first-order valence-corrected chi connectivity index (χ1v) is 8.83. The fourth-order valence-corrected chi connectivity index (χ4v) is 3.09. The SMILES string of the molecule is N#Cc1cccc(Nc2nccc(N3CCN(c4ccccn4)CC3)n2)c1. The molecule has 0 radical (unpaired) electrons. The maximum Gasteiger partial charge on any atom is 0.229 e. The molecule has 0 saturated carbocycles. The highest BCUT2D eigenvalue weighted by Crippen LogP contribution is 2.20. The molecule has 3 aromatic rings. The number of aromatic nitrogens is 3. The van der Waals surface area contributed by atoms with E-state index in [4.69, 9.17) is 5.26 Å². The second-order valence-corrected chi connectivity index (χ2v) is 6.22. The van der Waals surface area contributed by atoms with Crippen molar-refractivity contribution >= 4 is 23.3 Å². The third-order valence-electron chi connectivity index (χ3n) is 4.47. The quantitative estimate of drug-likeness (QED) is 0.769. The smallest absolute Gasteiger partial charge is 0.229 e. The van der Waals surface area contributed by atoms with E-state index in [1.165, 1.54) is 0 Å². The zero-order valence-corrected chi connectivity index (χ0v) is 14.8. The fourth-order valence-electron chi connectivity index (χ4n) is 3.09. The van der Waals surface area contributed by atoms with Gasteiger partial charge in [0.25, 0.3) is 0 Å². The van der Waals surface area contributed by atoms with Crippen molar-refractivity contribution in [3.8, 4) is 6.07 Å². The van der Waals surface area contributed by atoms with E-state index in [-0.39, 0.29) is 0 Å². The Morgan fingerprint density at radius 2 is 1.67 bits per heavy atom. The molecule has 0 amide bonds. The summed E-state index contributed by atoms with van der Waals surface area (Å²) in [6, 6.07) is 17.3. The van der Waals surface area contributed by atoms with E-state index in [9.17, 15) is 0 Å². The highest BCUT2D eigenvalue weighted by atomic mass is 15.3. The lowest BCUT2D eigenvalue weighted by Crippen LogP contribution is -2.47. The molecule has 2 aromatic heterocycles. The van der Waals surface area contributed by atoms with Crippen molar-refractivity contribution in [3.05, 3.63) is 66.5 Å². The van der Waals surface area contributed by atoms with E-state index in [1.54, 1.807) is 18.3 Å². The predicted molar refractivity (Wildman–Crippen MR) is 105 cm³/mol. The topological polar surface area (TPSA) is 81.0 Å². The Bertz CT molecular complexity index is 944. The molecular formula is C20H19N7. The van der Waals surface area contributed by atoms with Gasteiger partial charge in [-0.1, -0.05) is 12.1 Å². The number of benzene rings is 1. The van der Waals surface area contributed by atoms with Crippen LogP contribution >= 0.6 is 0 Å². The Morgan fingerprint density at radius 3 is 2.41 bits per heavy atom. The van der Waals surface area contributed by atoms with Crippen LogP contribution < -0.4 is 15.1 Å². The minimum Gasteiger partial charge on any atom is -0.353 e. The van der Waals surface area contributed by atoms with E-state index in [0.29, 0.717) is 11.5 Å². The summed E-state index contributed by atoms with van der Waals surface area (Å²) in [6.45, 7) is 3.54. The summed E-state index contributed by atoms with van der Waals surface area (Å²) in [5, 5.41) is 12.2. The molecular weight excluding hydrogens is 338 g/mol. The van der Waals surface area contributed by atoms with E-state index < -0.39 is 0 Å². The molecule has 4 rings (SSSR count). The molecule has 0 spiro atoms. The summed E-state index contributed by atoms with van der Waals surface area (Å²) < 4.78 is 0. The molecule has 1 saturated heterocycles. The first kappa shape index (κ1) is 16.8. The Kier molecular flexibility index (Phi) is 4.79. The highest BCUT2D eigenvalue weighted by molar-refractivity contribution is 5.57. The first-order chi connectivity index (χ1) is 13.3. The minimum absolute atomic E-state index is 0.523. The summed E-state index contributed by atoms with van der Waals surface area (Å²) >= 11 is 0. The lowest BCUT2D eigenvalue weighted by molar-refractivity contribution is 0.641. The number of pyridine rings is 1. The second kappa shape index (κ2) is 7.70. The van der Waals surface area contributed by atoms with Crippen LogP contribution in [0.1, 0.15) is 5.56 Å². The molecule has 1 fully saturated rings. The van der Waals surface area contributed by atoms with E-state index in [2.05, 4.69) is 36.1 Å². The van der Waals surface area contributed by atoms with Crippen LogP contribution in [0.5, 0.6) is 0 Å². The molecule has 0 bridgehead atoms. The molecule has 1 aliphatic rings. The zero-order valence-electron chi connectivity index (χ0n) is 14.8. The molecule has 0 unspecified atom stereocenters. The average molecular weight is 357 g/mol. The van der Waals surface area contributed by atoms with Crippen LogP contribution in [0.25, 0.3) is 0 Å². The van der Waals surface area contributed by atoms with Gasteiger partial charge in [-0.15, -0.1) is 0 Å². The fraction of sp³-hybridized carbons (Fsp3) is 0.200. The van der Waals surface area contributed by atoms with Gasteiger partial charge in [0.1, 0.15) is 11.6 Å². The normalized spacial score (nSPS) is 13.9. The van der Waals surface area contributed by atoms with Gasteiger partial charge in [-0.2, -0.15) is 10.2 Å². The van der Waals surface area contributed by atoms with E-state index in [1.807, 2.05) is 42.6 Å². The van der Waals surface area contributed by atoms with Gasteiger partial charge in [-0.05, 0) is 36.4 Å². The van der Waals surface area contributed by atoms with Crippen LogP contribution in [-0.4, -0.2) is 41.1 Å². The Morgan fingerprint density at radius 1 is 0.852 bits per heavy atom. The van der Waals surface area contributed by atoms with Gasteiger partial charge >= 0.3 is 0 Å². The molecule has 1 aliphatic heterocycles. The molecule has 7 heteroatoms. The number of nitrogens with one attached hydrogen (secondary N) is 1. The summed E-state index contributed by atoms with van der Waals surface area (Å²) in [5.41, 5.74) is 1.40. The van der Waals surface area contributed by atoms with Gasteiger partial charge in [0.05, 0.1) is 11.6 Å². The standard InChI is InChI=1S/C20H19N7/c21-15-16-4-3-5-17(14-16)24-20-23-9-7-19(25-20)27-12-10-26(11-13-27)18-6-1-2-8-22-18/h1-9,14H,10-13H2,(H,23,24,25). The van der Waals surface area contributed by atoms with Crippen LogP contribution in [0.15, 0.2) is 60.9 Å². The lowest BCUT2D eigenvalue weighted by Gasteiger charge is -2.36. The molecule has 134 valence electrons. The van der Waals surface area contributed by atoms with E-state index in [0.717, 1.165) is 43.5 Å². The van der Waals surface area contributed by atoms with Gasteiger partial charge in [-0.3, -0.25) is 0 Å². The lowest BCUT2D eigenvalue weighted by atomic mass is 10.2. The van der Waals surface area contributed by atoms with Gasteiger partial charge in [0.2, 0.25) is 5.95 Å². The van der Waals surface area contributed by atoms with Crippen molar-refractivity contribution < 1.29 is 0 Å². The van der Waals surface area contributed by atoms with Gasteiger partial charge in [0, 0.05) is 44.3 Å². The molecule has 0 aliphatic carbocycles. The summed E-state index contributed by atoms with van der Waals surface area (Å²) in [6.07, 6.45) is 3.58. The highest BCUT2D eigenvalue weighted by Gasteiger charge is 2.19. The second-order valence-electron chi connectivity index (χ2n) is 6.22. The zero-order chi connectivity index (χ0) is 18.5. The minimum atomic E-state index is 0.523. The third-order valence-corrected chi connectivity index (χ3v) is 4.47. The van der Waals surface area contributed by atoms with Crippen LogP contribution in [0, 0.1) is 11.3 Å². The number of nitrogens with zero attached hydrogens (tertiary/aromatic N) is 6. The van der Waals surface area contributed by atoms with Crippen molar-refractivity contribution in [2.24, 2.45) is 0 Å². The molecule has 1 N–H and O–H groups in total. The first-order valence-electron chi connectivity index (χ1n) is 8.83.